The first-order chi connectivity index (χ1) is 17.4. The molecule has 2 aliphatic rings. The summed E-state index contributed by atoms with van der Waals surface area (Å²) in [5.74, 6) is -1.67. The number of rotatable bonds is 7. The standard InChI is InChI=1S/C27H26FN5O3/c28-22-10-16-9-20-25(34)21(27(35)36)14-33(19-5-6-19)26(20)31-23(16)11-24(22)32-12-18(13-32)30-17-3-1-15(2-4-17)7-8-29/h1-4,9-11,14,18-19,30H,5-8,12-13,29H2,(H,35,36). The number of hydrogen-bond acceptors (Lipinski definition) is 6. The lowest BCUT2D eigenvalue weighted by Gasteiger charge is -2.42. The predicted molar refractivity (Wildman–Crippen MR) is 138 cm³/mol. The van der Waals surface area contributed by atoms with Gasteiger partial charge in [-0.3, -0.25) is 4.79 Å². The molecule has 2 fully saturated rings. The van der Waals surface area contributed by atoms with E-state index in [0.717, 1.165) is 24.9 Å². The van der Waals surface area contributed by atoms with E-state index in [1.165, 1.54) is 17.8 Å². The Kier molecular flexibility index (Phi) is 5.37. The molecule has 2 aromatic heterocycles. The summed E-state index contributed by atoms with van der Waals surface area (Å²) < 4.78 is 16.9. The van der Waals surface area contributed by atoms with Gasteiger partial charge in [0.15, 0.2) is 0 Å². The number of fused-ring (bicyclic) bond motifs is 2. The molecule has 1 saturated carbocycles. The zero-order valence-corrected chi connectivity index (χ0v) is 19.6. The van der Waals surface area contributed by atoms with Crippen molar-refractivity contribution < 1.29 is 14.3 Å². The van der Waals surface area contributed by atoms with Gasteiger partial charge >= 0.3 is 5.97 Å². The fraction of sp³-hybridized carbons (Fsp3) is 0.296. The van der Waals surface area contributed by atoms with Crippen molar-refractivity contribution in [1.29, 1.82) is 0 Å². The summed E-state index contributed by atoms with van der Waals surface area (Å²) in [6.07, 6.45) is 4.05. The van der Waals surface area contributed by atoms with Crippen LogP contribution < -0.4 is 21.4 Å². The lowest BCUT2D eigenvalue weighted by Crippen LogP contribution is -2.55. The van der Waals surface area contributed by atoms with Gasteiger partial charge < -0.3 is 25.6 Å². The first-order valence-electron chi connectivity index (χ1n) is 12.1. The molecule has 8 nitrogen and oxygen atoms in total. The highest BCUT2D eigenvalue weighted by Crippen LogP contribution is 2.37. The number of halogens is 1. The largest absolute Gasteiger partial charge is 0.477 e. The average Bonchev–Trinajstić information content (AvgIpc) is 3.67. The minimum atomic E-state index is -1.27. The van der Waals surface area contributed by atoms with E-state index in [4.69, 9.17) is 10.7 Å². The Balaban J connectivity index is 1.28. The first-order valence-corrected chi connectivity index (χ1v) is 12.1. The van der Waals surface area contributed by atoms with Gasteiger partial charge in [0.25, 0.3) is 0 Å². The van der Waals surface area contributed by atoms with Crippen LogP contribution in [-0.2, 0) is 6.42 Å². The normalized spacial score (nSPS) is 15.9. The minimum Gasteiger partial charge on any atom is -0.477 e. The Morgan fingerprint density at radius 2 is 1.92 bits per heavy atom. The Morgan fingerprint density at radius 1 is 1.17 bits per heavy atom. The fourth-order valence-electron chi connectivity index (χ4n) is 4.90. The van der Waals surface area contributed by atoms with E-state index < -0.39 is 17.2 Å². The summed E-state index contributed by atoms with van der Waals surface area (Å²) in [6.45, 7) is 1.92. The van der Waals surface area contributed by atoms with E-state index in [0.29, 0.717) is 41.9 Å². The third-order valence-corrected chi connectivity index (χ3v) is 7.02. The van der Waals surface area contributed by atoms with Crippen LogP contribution in [0.3, 0.4) is 0 Å². The Labute approximate surface area is 206 Å². The highest BCUT2D eigenvalue weighted by atomic mass is 19.1. The molecule has 0 bridgehead atoms. The van der Waals surface area contributed by atoms with Gasteiger partial charge in [-0.2, -0.15) is 0 Å². The average molecular weight is 488 g/mol. The van der Waals surface area contributed by atoms with E-state index in [2.05, 4.69) is 17.4 Å². The molecular weight excluding hydrogens is 461 g/mol. The highest BCUT2D eigenvalue weighted by Gasteiger charge is 2.30. The molecule has 0 spiro atoms. The van der Waals surface area contributed by atoms with Crippen molar-refractivity contribution in [3.8, 4) is 0 Å². The van der Waals surface area contributed by atoms with Gasteiger partial charge in [-0.15, -0.1) is 0 Å². The lowest BCUT2D eigenvalue weighted by molar-refractivity contribution is 0.0695. The number of carboxylic acid groups (broad SMARTS) is 1. The SMILES string of the molecule is NCCc1ccc(NC2CN(c3cc4nc5c(cc4cc3F)c(=O)c(C(=O)O)cn5C3CC3)C2)cc1. The van der Waals surface area contributed by atoms with Gasteiger partial charge in [-0.05, 0) is 61.7 Å². The second kappa shape index (κ2) is 8.60. The van der Waals surface area contributed by atoms with Crippen LogP contribution in [0.2, 0.25) is 0 Å². The molecular formula is C27H26FN5O3. The van der Waals surface area contributed by atoms with E-state index in [1.54, 1.807) is 16.7 Å². The summed E-state index contributed by atoms with van der Waals surface area (Å²) in [6, 6.07) is 13.2. The maximum absolute atomic E-state index is 15.1. The van der Waals surface area contributed by atoms with Crippen molar-refractivity contribution in [2.24, 2.45) is 5.73 Å². The van der Waals surface area contributed by atoms with Crippen LogP contribution >= 0.6 is 0 Å². The summed E-state index contributed by atoms with van der Waals surface area (Å²) in [5, 5.41) is 13.6. The molecule has 2 aromatic carbocycles. The summed E-state index contributed by atoms with van der Waals surface area (Å²) in [4.78, 5) is 31.1. The molecule has 0 amide bonds. The molecule has 0 unspecified atom stereocenters. The summed E-state index contributed by atoms with van der Waals surface area (Å²) in [7, 11) is 0. The van der Waals surface area contributed by atoms with Crippen LogP contribution in [0, 0.1) is 5.82 Å². The van der Waals surface area contributed by atoms with E-state index in [-0.39, 0.29) is 23.0 Å². The molecule has 1 aliphatic carbocycles. The topological polar surface area (TPSA) is 113 Å². The number of anilines is 2. The second-order valence-electron chi connectivity index (χ2n) is 9.65. The van der Waals surface area contributed by atoms with Gasteiger partial charge in [-0.25, -0.2) is 14.2 Å². The molecule has 1 aliphatic heterocycles. The number of hydrogen-bond donors (Lipinski definition) is 3. The van der Waals surface area contributed by atoms with Crippen molar-refractivity contribution in [2.75, 3.05) is 29.9 Å². The number of benzene rings is 2. The van der Waals surface area contributed by atoms with Crippen molar-refractivity contribution >= 4 is 39.3 Å². The quantitative estimate of drug-likeness (QED) is 0.342. The van der Waals surface area contributed by atoms with E-state index in [1.807, 2.05) is 17.0 Å². The number of carboxylic acids is 1. The zero-order chi connectivity index (χ0) is 25.0. The van der Waals surface area contributed by atoms with Gasteiger partial charge in [0.2, 0.25) is 5.43 Å². The maximum atomic E-state index is 15.1. The molecule has 9 heteroatoms. The monoisotopic (exact) mass is 487 g/mol. The number of carbonyl (C=O) groups is 1. The molecule has 3 heterocycles. The number of aromatic carboxylic acids is 1. The van der Waals surface area contributed by atoms with Gasteiger partial charge in [0.1, 0.15) is 17.0 Å². The van der Waals surface area contributed by atoms with Crippen LogP contribution in [0.25, 0.3) is 21.9 Å². The van der Waals surface area contributed by atoms with Gasteiger partial charge in [-0.1, -0.05) is 12.1 Å². The fourth-order valence-corrected chi connectivity index (χ4v) is 4.90. The number of nitrogens with zero attached hydrogens (tertiary/aromatic N) is 3. The molecule has 1 saturated heterocycles. The minimum absolute atomic E-state index is 0.127. The summed E-state index contributed by atoms with van der Waals surface area (Å²) >= 11 is 0. The lowest BCUT2D eigenvalue weighted by atomic mass is 10.0. The second-order valence-corrected chi connectivity index (χ2v) is 9.65. The van der Waals surface area contributed by atoms with Crippen molar-refractivity contribution in [3.63, 3.8) is 0 Å². The molecule has 4 aromatic rings. The van der Waals surface area contributed by atoms with Crippen LogP contribution in [0.5, 0.6) is 0 Å². The van der Waals surface area contributed by atoms with Crippen molar-refractivity contribution in [2.45, 2.75) is 31.3 Å². The first kappa shape index (κ1) is 22.5. The Morgan fingerprint density at radius 3 is 2.58 bits per heavy atom. The molecule has 0 radical (unpaired) electrons. The van der Waals surface area contributed by atoms with Crippen LogP contribution in [0.15, 0.2) is 53.5 Å². The Bertz CT molecular complexity index is 1560. The van der Waals surface area contributed by atoms with E-state index >= 15 is 4.39 Å². The highest BCUT2D eigenvalue weighted by molar-refractivity contribution is 5.97. The number of nitrogens with two attached hydrogens (primary N) is 1. The Hall–Kier alpha value is -3.98. The van der Waals surface area contributed by atoms with Crippen LogP contribution in [0.4, 0.5) is 15.8 Å². The zero-order valence-electron chi connectivity index (χ0n) is 19.6. The van der Waals surface area contributed by atoms with Crippen molar-refractivity contribution in [1.82, 2.24) is 9.55 Å². The van der Waals surface area contributed by atoms with Crippen LogP contribution in [0.1, 0.15) is 34.8 Å². The third kappa shape index (κ3) is 3.95. The third-order valence-electron chi connectivity index (χ3n) is 7.02. The van der Waals surface area contributed by atoms with Gasteiger partial charge in [0.05, 0.1) is 22.6 Å². The van der Waals surface area contributed by atoms with Crippen LogP contribution in [-0.4, -0.2) is 46.3 Å². The molecule has 36 heavy (non-hydrogen) atoms. The number of pyridine rings is 2. The number of aromatic nitrogens is 2. The number of nitrogens with one attached hydrogen (secondary N) is 1. The predicted octanol–water partition coefficient (Wildman–Crippen LogP) is 3.52. The molecule has 6 rings (SSSR count). The summed E-state index contributed by atoms with van der Waals surface area (Å²) in [5.41, 5.74) is 8.42. The smallest absolute Gasteiger partial charge is 0.341 e. The molecule has 184 valence electrons. The van der Waals surface area contributed by atoms with E-state index in [9.17, 15) is 14.7 Å². The molecule has 0 atom stereocenters. The molecule has 4 N–H and O–H groups in total. The van der Waals surface area contributed by atoms with Crippen molar-refractivity contribution in [3.05, 3.63) is 75.8 Å². The maximum Gasteiger partial charge on any atom is 0.341 e. The van der Waals surface area contributed by atoms with Gasteiger partial charge in [0, 0.05) is 36.4 Å².